The van der Waals surface area contributed by atoms with Crippen molar-refractivity contribution < 1.29 is 42.3 Å². The molecule has 0 aliphatic carbocycles. The Kier molecular flexibility index (Phi) is 28.3. The molecular weight excluding hydrogens is 995 g/mol. The highest BCUT2D eigenvalue weighted by Crippen LogP contribution is 2.38. The average Bonchev–Trinajstić information content (AvgIpc) is 3.37. The number of aliphatic hydroxyl groups excluding tert-OH is 1. The summed E-state index contributed by atoms with van der Waals surface area (Å²) in [6.45, 7) is 42.9. The second-order valence-corrected chi connectivity index (χ2v) is 25.0. The summed E-state index contributed by atoms with van der Waals surface area (Å²) >= 11 is 0. The number of benzene rings is 5. The molecule has 0 aliphatic rings. The smallest absolute Gasteiger partial charge is 0.319 e. The van der Waals surface area contributed by atoms with Crippen LogP contribution in [0.3, 0.4) is 0 Å². The number of nitrogens with zero attached hydrogens (tertiary/aromatic N) is 2. The molecule has 11 heteroatoms. The molecule has 0 unspecified atom stereocenters. The molecule has 1 aromatic heterocycles. The third-order valence-corrected chi connectivity index (χ3v) is 12.4. The van der Waals surface area contributed by atoms with Gasteiger partial charge in [0.1, 0.15) is 11.6 Å². The number of ether oxygens (including phenoxy) is 6. The summed E-state index contributed by atoms with van der Waals surface area (Å²) in [6.07, 6.45) is 2.87. The lowest BCUT2D eigenvalue weighted by molar-refractivity contribution is 0.264. The number of halogens is 2. The Morgan fingerprint density at radius 1 is 0.430 bits per heavy atom. The Morgan fingerprint density at radius 2 is 0.899 bits per heavy atom. The third-order valence-electron chi connectivity index (χ3n) is 12.4. The first-order valence-electron chi connectivity index (χ1n) is 27.2. The molecule has 0 bridgehead atoms. The van der Waals surface area contributed by atoms with Gasteiger partial charge in [-0.3, -0.25) is 0 Å². The lowest BCUT2D eigenvalue weighted by atomic mass is 9.83. The summed E-state index contributed by atoms with van der Waals surface area (Å²) in [5.74, 6) is 2.93. The van der Waals surface area contributed by atoms with E-state index in [1.807, 2.05) is 90.9 Å². The largest absolute Gasteiger partial charge is 0.494 e. The Bertz CT molecular complexity index is 2730. The van der Waals surface area contributed by atoms with Gasteiger partial charge in [-0.15, -0.1) is 0 Å². The number of aliphatic hydroxyl groups is 1. The van der Waals surface area contributed by atoms with Crippen LogP contribution >= 0.6 is 0 Å². The van der Waals surface area contributed by atoms with E-state index in [1.54, 1.807) is 39.7 Å². The molecule has 79 heavy (non-hydrogen) atoms. The summed E-state index contributed by atoms with van der Waals surface area (Å²) in [5.41, 5.74) is 9.11. The number of hydrogen-bond acceptors (Lipinski definition) is 9. The van der Waals surface area contributed by atoms with Crippen molar-refractivity contribution in [1.29, 1.82) is 0 Å². The third kappa shape index (κ3) is 23.2. The van der Waals surface area contributed by atoms with E-state index in [1.165, 1.54) is 43.0 Å². The van der Waals surface area contributed by atoms with E-state index in [2.05, 4.69) is 136 Å². The van der Waals surface area contributed by atoms with Gasteiger partial charge >= 0.3 is 6.01 Å². The van der Waals surface area contributed by atoms with E-state index in [9.17, 15) is 13.9 Å². The van der Waals surface area contributed by atoms with E-state index >= 15 is 0 Å². The summed E-state index contributed by atoms with van der Waals surface area (Å²) < 4.78 is 57.5. The first-order valence-corrected chi connectivity index (χ1v) is 27.2. The molecule has 438 valence electrons. The highest BCUT2D eigenvalue weighted by Gasteiger charge is 2.24. The molecule has 6 rings (SSSR count). The molecule has 0 aliphatic heterocycles. The molecule has 9 nitrogen and oxygen atoms in total. The van der Waals surface area contributed by atoms with Crippen molar-refractivity contribution in [2.75, 3.05) is 42.2 Å². The molecule has 0 spiro atoms. The van der Waals surface area contributed by atoms with Gasteiger partial charge in [-0.05, 0) is 97.9 Å². The summed E-state index contributed by atoms with van der Waals surface area (Å²) in [6, 6.07) is 32.9. The van der Waals surface area contributed by atoms with Gasteiger partial charge in [-0.1, -0.05) is 210 Å². The minimum atomic E-state index is -0.296. The molecule has 1 N–H and O–H groups in total. The van der Waals surface area contributed by atoms with Crippen molar-refractivity contribution in [1.82, 2.24) is 9.97 Å². The van der Waals surface area contributed by atoms with Gasteiger partial charge in [0.2, 0.25) is 5.88 Å². The molecule has 0 radical (unpaired) electrons. The number of rotatable bonds is 9. The van der Waals surface area contributed by atoms with Gasteiger partial charge in [0.15, 0.2) is 23.1 Å². The van der Waals surface area contributed by atoms with E-state index in [4.69, 9.17) is 28.4 Å². The number of aryl methyl sites for hydroxylation is 1. The molecule has 0 fully saturated rings. The quantitative estimate of drug-likeness (QED) is 0.152. The Hall–Kier alpha value is -6.20. The van der Waals surface area contributed by atoms with Gasteiger partial charge in [0, 0.05) is 22.9 Å². The van der Waals surface area contributed by atoms with Crippen LogP contribution in [0.15, 0.2) is 109 Å². The second kappa shape index (κ2) is 31.6. The van der Waals surface area contributed by atoms with E-state index < -0.39 is 0 Å². The van der Waals surface area contributed by atoms with Crippen molar-refractivity contribution >= 4 is 0 Å². The highest BCUT2D eigenvalue weighted by atomic mass is 19.1. The fourth-order valence-electron chi connectivity index (χ4n) is 7.97. The van der Waals surface area contributed by atoms with Crippen molar-refractivity contribution in [2.24, 2.45) is 0 Å². The minimum absolute atomic E-state index is 0.0207. The highest BCUT2D eigenvalue weighted by molar-refractivity contribution is 5.49. The molecule has 0 atom stereocenters. The zero-order valence-electron chi connectivity index (χ0n) is 53.1. The second-order valence-electron chi connectivity index (χ2n) is 25.0. The Labute approximate surface area is 476 Å². The molecule has 0 saturated carbocycles. The predicted molar refractivity (Wildman–Crippen MR) is 326 cm³/mol. The molecule has 6 aromatic rings. The maximum absolute atomic E-state index is 13.3. The van der Waals surface area contributed by atoms with Crippen LogP contribution in [-0.4, -0.2) is 57.2 Å². The minimum Gasteiger partial charge on any atom is -0.494 e. The van der Waals surface area contributed by atoms with Crippen LogP contribution in [0, 0.1) is 11.6 Å². The first-order chi connectivity index (χ1) is 36.5. The van der Waals surface area contributed by atoms with E-state index in [-0.39, 0.29) is 50.7 Å². The molecule has 0 saturated heterocycles. The van der Waals surface area contributed by atoms with Crippen LogP contribution in [0.25, 0.3) is 0 Å². The zero-order valence-corrected chi connectivity index (χ0v) is 53.1. The molecule has 5 aromatic carbocycles. The van der Waals surface area contributed by atoms with Gasteiger partial charge in [0.25, 0.3) is 0 Å². The van der Waals surface area contributed by atoms with Crippen LogP contribution in [0.4, 0.5) is 8.78 Å². The first kappa shape index (κ1) is 70.8. The number of para-hydroxylation sites is 2. The molecular formula is C68H100F2N2O7. The van der Waals surface area contributed by atoms with Crippen LogP contribution in [0.1, 0.15) is 183 Å². The van der Waals surface area contributed by atoms with Crippen LogP contribution in [-0.2, 0) is 45.5 Å². The normalized spacial score (nSPS) is 11.4. The standard InChI is InChI=1S/C13H20O2.C12H18O2.C12H18.C11H15FO.C10H13F.C10H16N2O2/c1-5-15-12-10(9-14)7-6-8-11(12)13(2,3)4;1-12(2,3)9-7-6-8-10(13-4)11(9)14-5;1-5-10-8-6-7-9-11(10)12(2,3)4;1-11(2,3)8-5-6-10(13-4)9(12)7-8;1-10(2,3)8-6-4-5-7-9(8)11;1-10(2,3)7-6-11-9(14-5)12-8(7)13-4/h6-8,14H,5,9H2,1-4H3;6-8H,1-5H3;6-9H,5H2,1-4H3;5-7H,1-4H3;4-7H,1-3H3;6H,1-5H3. The summed E-state index contributed by atoms with van der Waals surface area (Å²) in [4.78, 5) is 8.18. The maximum atomic E-state index is 13.3. The lowest BCUT2D eigenvalue weighted by Gasteiger charge is -2.24. The topological polar surface area (TPSA) is 101 Å². The number of hydrogen-bond donors (Lipinski definition) is 1. The summed E-state index contributed by atoms with van der Waals surface area (Å²) in [7, 11) is 7.93. The van der Waals surface area contributed by atoms with Gasteiger partial charge in [0.05, 0.1) is 48.8 Å². The Balaban J connectivity index is 0.000000475. The zero-order chi connectivity index (χ0) is 60.7. The predicted octanol–water partition coefficient (Wildman–Crippen LogP) is 17.5. The molecule has 1 heterocycles. The SMILES string of the molecule is CC(C)(C)c1ccccc1F.CCOc1c(CO)cccc1C(C)(C)C.CCc1ccccc1C(C)(C)C.COc1ccc(C(C)(C)C)cc1F.COc1cccc(C(C)(C)C)c1OC.COc1ncc(C(C)(C)C)c(OC)n1. The fourth-order valence-corrected chi connectivity index (χ4v) is 7.97. The number of methoxy groups -OCH3 is 5. The van der Waals surface area contributed by atoms with Gasteiger partial charge < -0.3 is 33.5 Å². The van der Waals surface area contributed by atoms with E-state index in [0.717, 1.165) is 51.5 Å². The maximum Gasteiger partial charge on any atom is 0.319 e. The van der Waals surface area contributed by atoms with Crippen LogP contribution in [0.5, 0.6) is 34.9 Å². The Morgan fingerprint density at radius 3 is 1.29 bits per heavy atom. The lowest BCUT2D eigenvalue weighted by Crippen LogP contribution is -2.14. The van der Waals surface area contributed by atoms with Gasteiger partial charge in [-0.25, -0.2) is 13.8 Å². The van der Waals surface area contributed by atoms with Crippen molar-refractivity contribution in [3.8, 4) is 34.9 Å². The summed E-state index contributed by atoms with van der Waals surface area (Å²) in [5, 5.41) is 9.26. The van der Waals surface area contributed by atoms with Gasteiger partial charge in [-0.2, -0.15) is 4.98 Å². The van der Waals surface area contributed by atoms with Crippen molar-refractivity contribution in [2.45, 2.75) is 184 Å². The molecule has 0 amide bonds. The average molecular weight is 1100 g/mol. The van der Waals surface area contributed by atoms with Crippen LogP contribution < -0.4 is 28.4 Å². The number of aromatic nitrogens is 2. The van der Waals surface area contributed by atoms with Crippen LogP contribution in [0.2, 0.25) is 0 Å². The monoisotopic (exact) mass is 1090 g/mol. The van der Waals surface area contributed by atoms with Crippen molar-refractivity contribution in [3.63, 3.8) is 0 Å². The van der Waals surface area contributed by atoms with E-state index in [0.29, 0.717) is 24.2 Å². The van der Waals surface area contributed by atoms with Crippen molar-refractivity contribution in [3.05, 3.63) is 165 Å². The fraction of sp³-hybridized carbons (Fsp3) is 0.500.